The highest BCUT2D eigenvalue weighted by Gasteiger charge is 2.03. The van der Waals surface area contributed by atoms with Crippen LogP contribution in [0.3, 0.4) is 0 Å². The predicted molar refractivity (Wildman–Crippen MR) is 84.2 cm³/mol. The highest BCUT2D eigenvalue weighted by atomic mass is 16.5. The number of benzene rings is 2. The van der Waals surface area contributed by atoms with Gasteiger partial charge in [-0.1, -0.05) is 44.5 Å². The van der Waals surface area contributed by atoms with Gasteiger partial charge < -0.3 is 10.5 Å². The Hall–Kier alpha value is -1.80. The molecule has 2 rings (SSSR count). The van der Waals surface area contributed by atoms with Crippen LogP contribution in [-0.2, 0) is 6.42 Å². The van der Waals surface area contributed by atoms with Gasteiger partial charge in [-0.2, -0.15) is 0 Å². The molecule has 0 spiro atoms. The van der Waals surface area contributed by atoms with Crippen molar-refractivity contribution in [3.8, 4) is 11.5 Å². The molecule has 0 aliphatic rings. The quantitative estimate of drug-likeness (QED) is 0.814. The summed E-state index contributed by atoms with van der Waals surface area (Å²) in [5, 5.41) is 0. The molecule has 2 aromatic carbocycles. The summed E-state index contributed by atoms with van der Waals surface area (Å²) in [6, 6.07) is 16.4. The summed E-state index contributed by atoms with van der Waals surface area (Å²) in [6.45, 7) is 4.28. The van der Waals surface area contributed by atoms with Gasteiger partial charge in [0.15, 0.2) is 0 Å². The van der Waals surface area contributed by atoms with Crippen molar-refractivity contribution in [1.29, 1.82) is 0 Å². The van der Waals surface area contributed by atoms with Crippen molar-refractivity contribution >= 4 is 0 Å². The standard InChI is InChI=1S/C18H23NO/c1-3-5-14-6-10-16(11-7-14)20-17-12-8-15(9-13-17)18(19)4-2/h6-13,18H,3-5,19H2,1-2H3/t18-/m0/s1. The maximum absolute atomic E-state index is 6.00. The Morgan fingerprint density at radius 2 is 1.45 bits per heavy atom. The van der Waals surface area contributed by atoms with Crippen LogP contribution < -0.4 is 10.5 Å². The minimum atomic E-state index is 0.109. The summed E-state index contributed by atoms with van der Waals surface area (Å²) in [6.07, 6.45) is 3.22. The first-order chi connectivity index (χ1) is 9.72. The van der Waals surface area contributed by atoms with Crippen molar-refractivity contribution in [2.75, 3.05) is 0 Å². The molecule has 0 bridgehead atoms. The summed E-state index contributed by atoms with van der Waals surface area (Å²) in [4.78, 5) is 0. The molecule has 2 aromatic rings. The molecule has 2 nitrogen and oxygen atoms in total. The number of hydrogen-bond donors (Lipinski definition) is 1. The first-order valence-electron chi connectivity index (χ1n) is 7.35. The van der Waals surface area contributed by atoms with Gasteiger partial charge in [0.05, 0.1) is 0 Å². The zero-order chi connectivity index (χ0) is 14.4. The van der Waals surface area contributed by atoms with Gasteiger partial charge >= 0.3 is 0 Å². The van der Waals surface area contributed by atoms with E-state index in [2.05, 4.69) is 26.0 Å². The van der Waals surface area contributed by atoms with Crippen LogP contribution in [0.1, 0.15) is 43.9 Å². The molecule has 0 saturated heterocycles. The lowest BCUT2D eigenvalue weighted by Gasteiger charge is -2.11. The molecule has 20 heavy (non-hydrogen) atoms. The number of aryl methyl sites for hydroxylation is 1. The lowest BCUT2D eigenvalue weighted by molar-refractivity contribution is 0.482. The molecule has 106 valence electrons. The van der Waals surface area contributed by atoms with Gasteiger partial charge in [-0.05, 0) is 48.2 Å². The average molecular weight is 269 g/mol. The molecule has 0 amide bonds. The molecule has 0 fully saturated rings. The van der Waals surface area contributed by atoms with Crippen LogP contribution in [0.5, 0.6) is 11.5 Å². The fourth-order valence-corrected chi connectivity index (χ4v) is 2.17. The molecule has 0 unspecified atom stereocenters. The summed E-state index contributed by atoms with van der Waals surface area (Å²) >= 11 is 0. The van der Waals surface area contributed by atoms with Crippen LogP contribution in [0.15, 0.2) is 48.5 Å². The van der Waals surface area contributed by atoms with Crippen molar-refractivity contribution in [3.05, 3.63) is 59.7 Å². The van der Waals surface area contributed by atoms with Crippen LogP contribution >= 0.6 is 0 Å². The third kappa shape index (κ3) is 3.84. The fraction of sp³-hybridized carbons (Fsp3) is 0.333. The summed E-state index contributed by atoms with van der Waals surface area (Å²) < 4.78 is 5.84. The van der Waals surface area contributed by atoms with Crippen LogP contribution in [0, 0.1) is 0 Å². The second-order valence-electron chi connectivity index (χ2n) is 5.08. The molecule has 1 atom stereocenters. The highest BCUT2D eigenvalue weighted by Crippen LogP contribution is 2.24. The zero-order valence-corrected chi connectivity index (χ0v) is 12.3. The van der Waals surface area contributed by atoms with Gasteiger partial charge in [-0.25, -0.2) is 0 Å². The van der Waals surface area contributed by atoms with Crippen LogP contribution in [0.2, 0.25) is 0 Å². The van der Waals surface area contributed by atoms with E-state index in [-0.39, 0.29) is 6.04 Å². The zero-order valence-electron chi connectivity index (χ0n) is 12.3. The summed E-state index contributed by atoms with van der Waals surface area (Å²) in [7, 11) is 0. The van der Waals surface area contributed by atoms with Gasteiger partial charge in [0.25, 0.3) is 0 Å². The van der Waals surface area contributed by atoms with Crippen LogP contribution in [-0.4, -0.2) is 0 Å². The Bertz CT molecular complexity index is 516. The minimum Gasteiger partial charge on any atom is -0.457 e. The molecule has 0 aromatic heterocycles. The molecule has 0 aliphatic heterocycles. The largest absolute Gasteiger partial charge is 0.457 e. The predicted octanol–water partition coefficient (Wildman–Crippen LogP) is 4.84. The number of hydrogen-bond acceptors (Lipinski definition) is 2. The topological polar surface area (TPSA) is 35.2 Å². The monoisotopic (exact) mass is 269 g/mol. The van der Waals surface area contributed by atoms with Crippen LogP contribution in [0.4, 0.5) is 0 Å². The Labute approximate surface area is 121 Å². The molecule has 0 heterocycles. The van der Waals surface area contributed by atoms with Gasteiger partial charge in [-0.3, -0.25) is 0 Å². The lowest BCUT2D eigenvalue weighted by Crippen LogP contribution is -2.07. The third-order valence-corrected chi connectivity index (χ3v) is 3.45. The van der Waals surface area contributed by atoms with E-state index in [1.54, 1.807) is 0 Å². The van der Waals surface area contributed by atoms with E-state index in [0.717, 1.165) is 29.9 Å². The molecule has 2 N–H and O–H groups in total. The first-order valence-corrected chi connectivity index (χ1v) is 7.35. The maximum atomic E-state index is 6.00. The van der Waals surface area contributed by atoms with E-state index in [4.69, 9.17) is 10.5 Å². The normalized spacial score (nSPS) is 12.2. The van der Waals surface area contributed by atoms with E-state index in [0.29, 0.717) is 0 Å². The SMILES string of the molecule is CCCc1ccc(Oc2ccc([C@@H](N)CC)cc2)cc1. The Kier molecular flexibility index (Phi) is 5.19. The first kappa shape index (κ1) is 14.6. The van der Waals surface area contributed by atoms with Gasteiger partial charge in [-0.15, -0.1) is 0 Å². The minimum absolute atomic E-state index is 0.109. The van der Waals surface area contributed by atoms with Gasteiger partial charge in [0, 0.05) is 6.04 Å². The van der Waals surface area contributed by atoms with Gasteiger partial charge in [0.1, 0.15) is 11.5 Å². The van der Waals surface area contributed by atoms with Gasteiger partial charge in [0.2, 0.25) is 0 Å². The maximum Gasteiger partial charge on any atom is 0.127 e. The molecule has 0 aliphatic carbocycles. The number of nitrogens with two attached hydrogens (primary N) is 1. The molecule has 0 radical (unpaired) electrons. The van der Waals surface area contributed by atoms with E-state index in [1.807, 2.05) is 36.4 Å². The van der Waals surface area contributed by atoms with Crippen molar-refractivity contribution in [2.45, 2.75) is 39.2 Å². The van der Waals surface area contributed by atoms with Crippen LogP contribution in [0.25, 0.3) is 0 Å². The number of ether oxygens (including phenoxy) is 1. The lowest BCUT2D eigenvalue weighted by atomic mass is 10.1. The summed E-state index contributed by atoms with van der Waals surface area (Å²) in [5.41, 5.74) is 8.50. The van der Waals surface area contributed by atoms with Crippen molar-refractivity contribution < 1.29 is 4.74 Å². The number of rotatable bonds is 6. The van der Waals surface area contributed by atoms with Crippen molar-refractivity contribution in [1.82, 2.24) is 0 Å². The summed E-state index contributed by atoms with van der Waals surface area (Å²) in [5.74, 6) is 1.72. The molecule has 2 heteroatoms. The second-order valence-corrected chi connectivity index (χ2v) is 5.08. The Morgan fingerprint density at radius 1 is 0.900 bits per heavy atom. The molecular formula is C18H23NO. The van der Waals surface area contributed by atoms with E-state index in [1.165, 1.54) is 12.0 Å². The Morgan fingerprint density at radius 3 is 1.95 bits per heavy atom. The third-order valence-electron chi connectivity index (χ3n) is 3.45. The van der Waals surface area contributed by atoms with Crippen molar-refractivity contribution in [3.63, 3.8) is 0 Å². The second kappa shape index (κ2) is 7.11. The van der Waals surface area contributed by atoms with E-state index in [9.17, 15) is 0 Å². The highest BCUT2D eigenvalue weighted by molar-refractivity contribution is 5.35. The van der Waals surface area contributed by atoms with Crippen molar-refractivity contribution in [2.24, 2.45) is 5.73 Å². The smallest absolute Gasteiger partial charge is 0.127 e. The Balaban J connectivity index is 2.02. The molecule has 0 saturated carbocycles. The van der Waals surface area contributed by atoms with E-state index < -0.39 is 0 Å². The average Bonchev–Trinajstić information content (AvgIpc) is 2.49. The molecular weight excluding hydrogens is 246 g/mol. The van der Waals surface area contributed by atoms with E-state index >= 15 is 0 Å². The fourth-order valence-electron chi connectivity index (χ4n) is 2.17.